The molecule has 1 atom stereocenters. The van der Waals surface area contributed by atoms with Gasteiger partial charge in [0.05, 0.1) is 11.4 Å². The summed E-state index contributed by atoms with van der Waals surface area (Å²) >= 11 is 0. The van der Waals surface area contributed by atoms with E-state index in [0.29, 0.717) is 37.3 Å². The van der Waals surface area contributed by atoms with Gasteiger partial charge < -0.3 is 9.80 Å². The number of amides is 2. The predicted octanol–water partition coefficient (Wildman–Crippen LogP) is 1.92. The van der Waals surface area contributed by atoms with E-state index in [-0.39, 0.29) is 35.2 Å². The highest BCUT2D eigenvalue weighted by Crippen LogP contribution is 2.30. The number of nitrogens with zero attached hydrogens (tertiary/aromatic N) is 5. The van der Waals surface area contributed by atoms with Gasteiger partial charge in [0, 0.05) is 44.7 Å². The van der Waals surface area contributed by atoms with Crippen molar-refractivity contribution in [3.63, 3.8) is 0 Å². The minimum Gasteiger partial charge on any atom is -0.341 e. The summed E-state index contributed by atoms with van der Waals surface area (Å²) in [6, 6.07) is 0.271. The topological polar surface area (TPSA) is 95.8 Å². The van der Waals surface area contributed by atoms with Crippen LogP contribution in [-0.4, -0.2) is 82.9 Å². The number of likely N-dealkylation sites (tertiary alicyclic amines) is 2. The van der Waals surface area contributed by atoms with E-state index in [1.165, 1.54) is 8.99 Å². The SMILES string of the molecule is Cc1nn(CC(=O)N2CCCC2)c(C)c1S(=O)(=O)N1CCC(C(=O)N2CCCCC2C)CC1. The second-order valence-corrected chi connectivity index (χ2v) is 11.7. The molecule has 3 aliphatic rings. The van der Waals surface area contributed by atoms with Gasteiger partial charge in [0.1, 0.15) is 11.4 Å². The highest BCUT2D eigenvalue weighted by atomic mass is 32.2. The lowest BCUT2D eigenvalue weighted by atomic mass is 9.94. The first-order chi connectivity index (χ1) is 15.7. The second-order valence-electron chi connectivity index (χ2n) is 9.80. The van der Waals surface area contributed by atoms with Crippen molar-refractivity contribution in [2.45, 2.75) is 83.2 Å². The highest BCUT2D eigenvalue weighted by molar-refractivity contribution is 7.89. The fourth-order valence-electron chi connectivity index (χ4n) is 5.53. The van der Waals surface area contributed by atoms with Crippen LogP contribution in [0.1, 0.15) is 63.3 Å². The molecule has 0 bridgehead atoms. The molecular weight excluding hydrogens is 442 g/mol. The molecule has 1 aromatic rings. The number of hydrogen-bond donors (Lipinski definition) is 0. The van der Waals surface area contributed by atoms with Gasteiger partial charge in [0.2, 0.25) is 21.8 Å². The van der Waals surface area contributed by atoms with Crippen LogP contribution in [0.25, 0.3) is 0 Å². The molecule has 1 aromatic heterocycles. The lowest BCUT2D eigenvalue weighted by Crippen LogP contribution is -2.48. The predicted molar refractivity (Wildman–Crippen MR) is 124 cm³/mol. The van der Waals surface area contributed by atoms with Crippen molar-refractivity contribution >= 4 is 21.8 Å². The van der Waals surface area contributed by atoms with Crippen molar-refractivity contribution in [2.24, 2.45) is 5.92 Å². The Bertz CT molecular complexity index is 991. The second kappa shape index (κ2) is 9.74. The number of carbonyl (C=O) groups excluding carboxylic acids is 2. The quantitative estimate of drug-likeness (QED) is 0.643. The van der Waals surface area contributed by atoms with Crippen molar-refractivity contribution in [1.82, 2.24) is 23.9 Å². The Hall–Kier alpha value is -1.94. The van der Waals surface area contributed by atoms with Crippen LogP contribution in [0, 0.1) is 19.8 Å². The lowest BCUT2D eigenvalue weighted by molar-refractivity contribution is -0.140. The standard InChI is InChI=1S/C23H37N5O4S/c1-17-8-4-5-13-27(17)23(30)20-9-14-26(15-10-20)33(31,32)22-18(2)24-28(19(22)3)16-21(29)25-11-6-7-12-25/h17,20H,4-16H2,1-3H3. The monoisotopic (exact) mass is 479 g/mol. The molecular formula is C23H37N5O4S. The minimum absolute atomic E-state index is 0.0201. The Balaban J connectivity index is 1.43. The summed E-state index contributed by atoms with van der Waals surface area (Å²) in [6.07, 6.45) is 6.36. The fraction of sp³-hybridized carbons (Fsp3) is 0.783. The van der Waals surface area contributed by atoms with Crippen molar-refractivity contribution in [1.29, 1.82) is 0 Å². The van der Waals surface area contributed by atoms with Gasteiger partial charge in [-0.3, -0.25) is 14.3 Å². The van der Waals surface area contributed by atoms with E-state index in [4.69, 9.17) is 0 Å². The smallest absolute Gasteiger partial charge is 0.246 e. The molecule has 0 radical (unpaired) electrons. The zero-order valence-corrected chi connectivity index (χ0v) is 20.9. The van der Waals surface area contributed by atoms with E-state index in [9.17, 15) is 18.0 Å². The van der Waals surface area contributed by atoms with E-state index >= 15 is 0 Å². The third-order valence-corrected chi connectivity index (χ3v) is 9.70. The molecule has 0 spiro atoms. The summed E-state index contributed by atoms with van der Waals surface area (Å²) in [5.41, 5.74) is 0.919. The van der Waals surface area contributed by atoms with Crippen molar-refractivity contribution < 1.29 is 18.0 Å². The van der Waals surface area contributed by atoms with Gasteiger partial charge in [-0.2, -0.15) is 9.40 Å². The number of carbonyl (C=O) groups is 2. The number of piperidine rings is 2. The summed E-state index contributed by atoms with van der Waals surface area (Å²) < 4.78 is 30.0. The minimum atomic E-state index is -3.74. The van der Waals surface area contributed by atoms with Crippen LogP contribution in [0.2, 0.25) is 0 Å². The Morgan fingerprint density at radius 1 is 0.939 bits per heavy atom. The molecule has 0 N–H and O–H groups in total. The Labute approximate surface area is 197 Å². The summed E-state index contributed by atoms with van der Waals surface area (Å²) in [5.74, 6) is 0.0492. The van der Waals surface area contributed by atoms with Crippen molar-refractivity contribution in [2.75, 3.05) is 32.7 Å². The van der Waals surface area contributed by atoms with Crippen LogP contribution in [-0.2, 0) is 26.2 Å². The van der Waals surface area contributed by atoms with Gasteiger partial charge in [-0.1, -0.05) is 0 Å². The number of aryl methyl sites for hydroxylation is 1. The van der Waals surface area contributed by atoms with E-state index in [1.54, 1.807) is 13.8 Å². The van der Waals surface area contributed by atoms with Gasteiger partial charge >= 0.3 is 0 Å². The molecule has 3 fully saturated rings. The maximum Gasteiger partial charge on any atom is 0.246 e. The molecule has 3 aliphatic heterocycles. The van der Waals surface area contributed by atoms with Crippen molar-refractivity contribution in [3.8, 4) is 0 Å². The molecule has 9 nitrogen and oxygen atoms in total. The summed E-state index contributed by atoms with van der Waals surface area (Å²) in [4.78, 5) is 29.6. The molecule has 4 heterocycles. The van der Waals surface area contributed by atoms with E-state index in [2.05, 4.69) is 12.0 Å². The molecule has 4 rings (SSSR count). The number of sulfonamides is 1. The average Bonchev–Trinajstić information content (AvgIpc) is 3.42. The summed E-state index contributed by atoms with van der Waals surface area (Å²) in [7, 11) is -3.74. The zero-order valence-electron chi connectivity index (χ0n) is 20.1. The largest absolute Gasteiger partial charge is 0.341 e. The maximum absolute atomic E-state index is 13.5. The van der Waals surface area contributed by atoms with Gasteiger partial charge in [0.25, 0.3) is 0 Å². The van der Waals surface area contributed by atoms with E-state index in [1.807, 2.05) is 9.80 Å². The van der Waals surface area contributed by atoms with Gasteiger partial charge in [-0.15, -0.1) is 0 Å². The Morgan fingerprint density at radius 2 is 1.58 bits per heavy atom. The molecule has 0 saturated carbocycles. The first-order valence-corrected chi connectivity index (χ1v) is 13.8. The number of aromatic nitrogens is 2. The Kier molecular flexibility index (Phi) is 7.14. The van der Waals surface area contributed by atoms with Crippen LogP contribution in [0.5, 0.6) is 0 Å². The molecule has 2 amide bonds. The van der Waals surface area contributed by atoms with E-state index < -0.39 is 10.0 Å². The molecule has 184 valence electrons. The third-order valence-electron chi connectivity index (χ3n) is 7.55. The molecule has 0 aromatic carbocycles. The third kappa shape index (κ3) is 4.82. The highest BCUT2D eigenvalue weighted by Gasteiger charge is 2.37. The molecule has 33 heavy (non-hydrogen) atoms. The van der Waals surface area contributed by atoms with Crippen LogP contribution >= 0.6 is 0 Å². The van der Waals surface area contributed by atoms with Crippen LogP contribution in [0.3, 0.4) is 0 Å². The average molecular weight is 480 g/mol. The zero-order chi connectivity index (χ0) is 23.8. The summed E-state index contributed by atoms with van der Waals surface area (Å²) in [6.45, 7) is 8.56. The van der Waals surface area contributed by atoms with Crippen LogP contribution in [0.4, 0.5) is 0 Å². The van der Waals surface area contributed by atoms with Gasteiger partial charge in [0.15, 0.2) is 0 Å². The number of rotatable bonds is 5. The van der Waals surface area contributed by atoms with Crippen LogP contribution in [0.15, 0.2) is 4.90 Å². The molecule has 10 heteroatoms. The molecule has 0 aliphatic carbocycles. The normalized spacial score (nSPS) is 23.3. The fourth-order valence-corrected chi connectivity index (χ4v) is 7.38. The molecule has 1 unspecified atom stereocenters. The summed E-state index contributed by atoms with van der Waals surface area (Å²) in [5, 5.41) is 4.40. The first kappa shape index (κ1) is 24.2. The van der Waals surface area contributed by atoms with Gasteiger partial charge in [-0.05, 0) is 65.7 Å². The Morgan fingerprint density at radius 3 is 2.21 bits per heavy atom. The first-order valence-electron chi connectivity index (χ1n) is 12.3. The molecule has 3 saturated heterocycles. The van der Waals surface area contributed by atoms with E-state index in [0.717, 1.165) is 51.7 Å². The number of hydrogen-bond acceptors (Lipinski definition) is 5. The lowest BCUT2D eigenvalue weighted by Gasteiger charge is -2.38. The van der Waals surface area contributed by atoms with Gasteiger partial charge in [-0.25, -0.2) is 8.42 Å². The van der Waals surface area contributed by atoms with Crippen LogP contribution < -0.4 is 0 Å². The maximum atomic E-state index is 13.5. The van der Waals surface area contributed by atoms with Crippen molar-refractivity contribution in [3.05, 3.63) is 11.4 Å².